The first-order valence-electron chi connectivity index (χ1n) is 8.97. The Hall–Kier alpha value is -3.01. The highest BCUT2D eigenvalue weighted by molar-refractivity contribution is 7.21. The van der Waals surface area contributed by atoms with Crippen LogP contribution in [0.5, 0.6) is 0 Å². The molecule has 7 nitrogen and oxygen atoms in total. The maximum Gasteiger partial charge on any atom is 0.337 e. The molecule has 4 rings (SSSR count). The van der Waals surface area contributed by atoms with Gasteiger partial charge in [-0.3, -0.25) is 9.59 Å². The quantitative estimate of drug-likeness (QED) is 0.412. The van der Waals surface area contributed by atoms with Crippen molar-refractivity contribution in [2.75, 3.05) is 14.2 Å². The third kappa shape index (κ3) is 3.99. The molecule has 0 aliphatic carbocycles. The van der Waals surface area contributed by atoms with Crippen molar-refractivity contribution in [1.29, 1.82) is 0 Å². The van der Waals surface area contributed by atoms with Gasteiger partial charge in [0.15, 0.2) is 4.80 Å². The third-order valence-corrected chi connectivity index (χ3v) is 7.25. The Morgan fingerprint density at radius 3 is 2.52 bits per heavy atom. The van der Waals surface area contributed by atoms with E-state index in [1.807, 2.05) is 24.3 Å². The lowest BCUT2D eigenvalue weighted by Crippen LogP contribution is -2.22. The van der Waals surface area contributed by atoms with Crippen LogP contribution < -0.4 is 4.80 Å². The fraction of sp³-hybridized carbons (Fsp3) is 0.143. The standard InChI is InChI=1S/C21H15ClN2O5S2/c1-28-16(25)10-24-13-8-7-11(20(27)29-2)9-15(13)31-21(24)23-19(26)18-17(22)12-5-3-4-6-14(12)30-18/h3-9H,10H2,1-2H3. The van der Waals surface area contributed by atoms with Gasteiger partial charge in [-0.15, -0.1) is 11.3 Å². The summed E-state index contributed by atoms with van der Waals surface area (Å²) in [5.74, 6) is -1.49. The highest BCUT2D eigenvalue weighted by Crippen LogP contribution is 2.35. The van der Waals surface area contributed by atoms with E-state index in [1.165, 1.54) is 36.9 Å². The van der Waals surface area contributed by atoms with Crippen LogP contribution in [0.25, 0.3) is 20.3 Å². The molecule has 0 saturated heterocycles. The van der Waals surface area contributed by atoms with Crippen molar-refractivity contribution < 1.29 is 23.9 Å². The van der Waals surface area contributed by atoms with Crippen LogP contribution in [0.2, 0.25) is 5.02 Å². The zero-order valence-electron chi connectivity index (χ0n) is 16.4. The van der Waals surface area contributed by atoms with E-state index in [9.17, 15) is 14.4 Å². The average Bonchev–Trinajstić information content (AvgIpc) is 3.30. The highest BCUT2D eigenvalue weighted by atomic mass is 35.5. The Kier molecular flexibility index (Phi) is 5.90. The van der Waals surface area contributed by atoms with Crippen molar-refractivity contribution in [3.63, 3.8) is 0 Å². The first kappa shape index (κ1) is 21.2. The Balaban J connectivity index is 1.87. The molecular weight excluding hydrogens is 460 g/mol. The van der Waals surface area contributed by atoms with Crippen LogP contribution in [0.4, 0.5) is 0 Å². The summed E-state index contributed by atoms with van der Waals surface area (Å²) < 4.78 is 12.7. The van der Waals surface area contributed by atoms with Crippen molar-refractivity contribution >= 4 is 72.4 Å². The summed E-state index contributed by atoms with van der Waals surface area (Å²) in [6.45, 7) is -0.139. The lowest BCUT2D eigenvalue weighted by atomic mass is 10.2. The molecule has 4 aromatic rings. The molecule has 0 aliphatic heterocycles. The van der Waals surface area contributed by atoms with Crippen molar-refractivity contribution in [2.24, 2.45) is 4.99 Å². The van der Waals surface area contributed by atoms with E-state index in [0.29, 0.717) is 30.5 Å². The number of carbonyl (C=O) groups is 3. The van der Waals surface area contributed by atoms with Crippen LogP contribution in [-0.2, 0) is 20.8 Å². The molecule has 0 spiro atoms. The number of benzene rings is 2. The zero-order chi connectivity index (χ0) is 22.1. The first-order chi connectivity index (χ1) is 14.9. The number of thiophene rings is 1. The smallest absolute Gasteiger partial charge is 0.337 e. The van der Waals surface area contributed by atoms with Crippen molar-refractivity contribution in [1.82, 2.24) is 4.57 Å². The number of rotatable bonds is 4. The van der Waals surface area contributed by atoms with Crippen LogP contribution >= 0.6 is 34.3 Å². The van der Waals surface area contributed by atoms with Gasteiger partial charge in [0.2, 0.25) is 0 Å². The minimum atomic E-state index is -0.510. The van der Waals surface area contributed by atoms with Gasteiger partial charge in [0, 0.05) is 10.1 Å². The van der Waals surface area contributed by atoms with E-state index < -0.39 is 17.8 Å². The van der Waals surface area contributed by atoms with Gasteiger partial charge < -0.3 is 14.0 Å². The van der Waals surface area contributed by atoms with Gasteiger partial charge >= 0.3 is 11.9 Å². The highest BCUT2D eigenvalue weighted by Gasteiger charge is 2.18. The van der Waals surface area contributed by atoms with Gasteiger partial charge in [0.1, 0.15) is 11.4 Å². The fourth-order valence-electron chi connectivity index (χ4n) is 3.04. The number of halogens is 1. The van der Waals surface area contributed by atoms with Crippen molar-refractivity contribution in [2.45, 2.75) is 6.54 Å². The second-order valence-corrected chi connectivity index (χ2v) is 8.82. The number of nitrogens with zero attached hydrogens (tertiary/aromatic N) is 2. The minimum absolute atomic E-state index is 0.139. The topological polar surface area (TPSA) is 87.0 Å². The maximum atomic E-state index is 13.0. The largest absolute Gasteiger partial charge is 0.468 e. The molecule has 0 N–H and O–H groups in total. The number of hydrogen-bond acceptors (Lipinski definition) is 7. The summed E-state index contributed by atoms with van der Waals surface area (Å²) in [5.41, 5.74) is 0.990. The minimum Gasteiger partial charge on any atom is -0.468 e. The van der Waals surface area contributed by atoms with Crippen LogP contribution in [0.1, 0.15) is 20.0 Å². The SMILES string of the molecule is COC(=O)Cn1c(=NC(=O)c2sc3ccccc3c2Cl)sc2cc(C(=O)OC)ccc21. The van der Waals surface area contributed by atoms with E-state index >= 15 is 0 Å². The normalized spacial score (nSPS) is 11.8. The third-order valence-electron chi connectivity index (χ3n) is 4.55. The summed E-state index contributed by atoms with van der Waals surface area (Å²) in [4.78, 5) is 41.7. The number of esters is 2. The molecule has 0 fully saturated rings. The van der Waals surface area contributed by atoms with Gasteiger partial charge in [0.05, 0.1) is 35.0 Å². The number of fused-ring (bicyclic) bond motifs is 2. The second-order valence-electron chi connectivity index (χ2n) is 6.38. The number of aromatic nitrogens is 1. The molecule has 0 radical (unpaired) electrons. The van der Waals surface area contributed by atoms with Crippen molar-refractivity contribution in [3.8, 4) is 0 Å². The second kappa shape index (κ2) is 8.62. The summed E-state index contributed by atoms with van der Waals surface area (Å²) in [5, 5.41) is 1.14. The lowest BCUT2D eigenvalue weighted by Gasteiger charge is -2.04. The number of amides is 1. The molecule has 2 heterocycles. The van der Waals surface area contributed by atoms with Gasteiger partial charge in [-0.25, -0.2) is 4.79 Å². The Labute approximate surface area is 189 Å². The monoisotopic (exact) mass is 474 g/mol. The van der Waals surface area contributed by atoms with E-state index in [2.05, 4.69) is 4.99 Å². The molecule has 2 aromatic heterocycles. The molecule has 2 aromatic carbocycles. The summed E-state index contributed by atoms with van der Waals surface area (Å²) in [7, 11) is 2.58. The molecular formula is C21H15ClN2O5S2. The molecule has 0 aliphatic rings. The molecule has 10 heteroatoms. The molecule has 1 amide bonds. The molecule has 0 atom stereocenters. The first-order valence-corrected chi connectivity index (χ1v) is 11.0. The molecule has 0 bridgehead atoms. The van der Waals surface area contributed by atoms with Crippen LogP contribution in [0.3, 0.4) is 0 Å². The number of hydrogen-bond donors (Lipinski definition) is 0. The summed E-state index contributed by atoms with van der Waals surface area (Å²) in [6.07, 6.45) is 0. The van der Waals surface area contributed by atoms with Crippen LogP contribution in [0, 0.1) is 0 Å². The van der Waals surface area contributed by atoms with E-state index in [1.54, 1.807) is 22.8 Å². The molecule has 158 valence electrons. The van der Waals surface area contributed by atoms with E-state index in [0.717, 1.165) is 10.1 Å². The fourth-order valence-corrected chi connectivity index (χ4v) is 5.50. The average molecular weight is 475 g/mol. The van der Waals surface area contributed by atoms with Crippen LogP contribution in [0.15, 0.2) is 47.5 Å². The summed E-state index contributed by atoms with van der Waals surface area (Å²) >= 11 is 8.85. The molecule has 31 heavy (non-hydrogen) atoms. The van der Waals surface area contributed by atoms with E-state index in [4.69, 9.17) is 21.1 Å². The van der Waals surface area contributed by atoms with E-state index in [-0.39, 0.29) is 6.54 Å². The number of methoxy groups -OCH3 is 2. The van der Waals surface area contributed by atoms with Gasteiger partial charge in [-0.05, 0) is 24.3 Å². The number of ether oxygens (including phenoxy) is 2. The Bertz CT molecular complexity index is 1420. The predicted molar refractivity (Wildman–Crippen MR) is 120 cm³/mol. The Morgan fingerprint density at radius 2 is 1.81 bits per heavy atom. The van der Waals surface area contributed by atoms with Crippen LogP contribution in [-0.4, -0.2) is 36.6 Å². The van der Waals surface area contributed by atoms with Gasteiger partial charge in [-0.1, -0.05) is 41.1 Å². The maximum absolute atomic E-state index is 13.0. The Morgan fingerprint density at radius 1 is 1.03 bits per heavy atom. The predicted octanol–water partition coefficient (Wildman–Crippen LogP) is 4.27. The molecule has 0 saturated carbocycles. The lowest BCUT2D eigenvalue weighted by molar-refractivity contribution is -0.141. The van der Waals surface area contributed by atoms with Crippen molar-refractivity contribution in [3.05, 3.63) is 62.7 Å². The zero-order valence-corrected chi connectivity index (χ0v) is 18.8. The number of thiazole rings is 1. The number of carbonyl (C=O) groups excluding carboxylic acids is 3. The van der Waals surface area contributed by atoms with Gasteiger partial charge in [-0.2, -0.15) is 4.99 Å². The molecule has 0 unspecified atom stereocenters. The summed E-state index contributed by atoms with van der Waals surface area (Å²) in [6, 6.07) is 12.3. The van der Waals surface area contributed by atoms with Gasteiger partial charge in [0.25, 0.3) is 5.91 Å².